The van der Waals surface area contributed by atoms with E-state index < -0.39 is 0 Å². The van der Waals surface area contributed by atoms with Crippen molar-refractivity contribution in [3.63, 3.8) is 0 Å². The summed E-state index contributed by atoms with van der Waals surface area (Å²) >= 11 is 1.48. The van der Waals surface area contributed by atoms with Gasteiger partial charge in [0.15, 0.2) is 0 Å². The third kappa shape index (κ3) is 3.25. The standard InChI is InChI=1S/C22H19FN2O2S/c1-14-18(15-8-10-17(23)11-9-15)19-21(28-14)24-20(16-6-4-3-5-7-16)25(22(19)26)12-13-27-2/h3-11H,12-13H2,1-2H3. The smallest absolute Gasteiger partial charge is 0.263 e. The lowest BCUT2D eigenvalue weighted by atomic mass is 10.0. The number of hydrogen-bond donors (Lipinski definition) is 0. The average molecular weight is 394 g/mol. The van der Waals surface area contributed by atoms with E-state index in [1.54, 1.807) is 23.8 Å². The van der Waals surface area contributed by atoms with E-state index in [9.17, 15) is 9.18 Å². The first-order chi connectivity index (χ1) is 13.6. The van der Waals surface area contributed by atoms with Crippen LogP contribution in [0.2, 0.25) is 0 Å². The predicted octanol–water partition coefficient (Wildman–Crippen LogP) is 4.89. The Bertz CT molecular complexity index is 1180. The molecule has 0 amide bonds. The van der Waals surface area contributed by atoms with E-state index >= 15 is 0 Å². The molecule has 4 rings (SSSR count). The van der Waals surface area contributed by atoms with Crippen molar-refractivity contribution in [1.82, 2.24) is 9.55 Å². The molecule has 0 unspecified atom stereocenters. The summed E-state index contributed by atoms with van der Waals surface area (Å²) in [4.78, 5) is 20.0. The molecule has 0 spiro atoms. The number of benzene rings is 2. The van der Waals surface area contributed by atoms with Gasteiger partial charge in [0.1, 0.15) is 16.5 Å². The molecule has 0 aliphatic carbocycles. The molecule has 0 saturated carbocycles. The number of nitrogens with zero attached hydrogens (tertiary/aromatic N) is 2. The maximum absolute atomic E-state index is 13.5. The van der Waals surface area contributed by atoms with Crippen molar-refractivity contribution in [1.29, 1.82) is 0 Å². The van der Waals surface area contributed by atoms with E-state index in [4.69, 9.17) is 9.72 Å². The Morgan fingerprint density at radius 2 is 1.79 bits per heavy atom. The van der Waals surface area contributed by atoms with Crippen LogP contribution in [-0.4, -0.2) is 23.3 Å². The van der Waals surface area contributed by atoms with Crippen LogP contribution < -0.4 is 5.56 Å². The highest BCUT2D eigenvalue weighted by atomic mass is 32.1. The second-order valence-corrected chi connectivity index (χ2v) is 7.67. The van der Waals surface area contributed by atoms with Crippen LogP contribution in [-0.2, 0) is 11.3 Å². The minimum absolute atomic E-state index is 0.107. The molecule has 0 saturated heterocycles. The van der Waals surface area contributed by atoms with E-state index in [2.05, 4.69) is 0 Å². The Hall–Kier alpha value is -2.83. The number of hydrogen-bond acceptors (Lipinski definition) is 4. The van der Waals surface area contributed by atoms with Crippen LogP contribution in [0, 0.1) is 12.7 Å². The van der Waals surface area contributed by atoms with Crippen molar-refractivity contribution in [3.05, 3.63) is 75.6 Å². The summed E-state index contributed by atoms with van der Waals surface area (Å²) in [6, 6.07) is 15.9. The molecule has 0 aliphatic heterocycles. The number of aryl methyl sites for hydroxylation is 1. The fourth-order valence-corrected chi connectivity index (χ4v) is 4.39. The van der Waals surface area contributed by atoms with Gasteiger partial charge in [-0.2, -0.15) is 0 Å². The fourth-order valence-electron chi connectivity index (χ4n) is 3.36. The second-order valence-electron chi connectivity index (χ2n) is 6.47. The maximum Gasteiger partial charge on any atom is 0.263 e. The Morgan fingerprint density at radius 1 is 1.07 bits per heavy atom. The van der Waals surface area contributed by atoms with Gasteiger partial charge >= 0.3 is 0 Å². The molecule has 4 nitrogen and oxygen atoms in total. The SMILES string of the molecule is COCCn1c(-c2ccccc2)nc2sc(C)c(-c3ccc(F)cc3)c2c1=O. The zero-order chi connectivity index (χ0) is 19.7. The molecule has 2 heterocycles. The Morgan fingerprint density at radius 3 is 2.46 bits per heavy atom. The lowest BCUT2D eigenvalue weighted by Gasteiger charge is -2.13. The van der Waals surface area contributed by atoms with E-state index in [0.29, 0.717) is 29.2 Å². The van der Waals surface area contributed by atoms with Crippen molar-refractivity contribution < 1.29 is 9.13 Å². The summed E-state index contributed by atoms with van der Waals surface area (Å²) in [7, 11) is 1.61. The molecular formula is C22H19FN2O2S. The summed E-state index contributed by atoms with van der Waals surface area (Å²) < 4.78 is 20.3. The first-order valence-corrected chi connectivity index (χ1v) is 9.76. The van der Waals surface area contributed by atoms with Crippen LogP contribution in [0.15, 0.2) is 59.4 Å². The Kier molecular flexibility index (Phi) is 5.07. The van der Waals surface area contributed by atoms with Gasteiger partial charge in [0.25, 0.3) is 5.56 Å². The third-order valence-corrected chi connectivity index (χ3v) is 5.67. The predicted molar refractivity (Wildman–Crippen MR) is 111 cm³/mol. The van der Waals surface area contributed by atoms with Crippen molar-refractivity contribution in [2.24, 2.45) is 0 Å². The highest BCUT2D eigenvalue weighted by Gasteiger charge is 2.20. The number of ether oxygens (including phenoxy) is 1. The molecule has 2 aromatic heterocycles. The molecule has 142 valence electrons. The molecule has 0 atom stereocenters. The van der Waals surface area contributed by atoms with E-state index in [1.807, 2.05) is 37.3 Å². The number of methoxy groups -OCH3 is 1. The minimum Gasteiger partial charge on any atom is -0.383 e. The van der Waals surface area contributed by atoms with Crippen LogP contribution in [0.5, 0.6) is 0 Å². The van der Waals surface area contributed by atoms with Gasteiger partial charge in [-0.05, 0) is 24.6 Å². The number of halogens is 1. The number of thiophene rings is 1. The third-order valence-electron chi connectivity index (χ3n) is 4.67. The van der Waals surface area contributed by atoms with Gasteiger partial charge < -0.3 is 4.74 Å². The van der Waals surface area contributed by atoms with E-state index in [1.165, 1.54) is 23.5 Å². The monoisotopic (exact) mass is 394 g/mol. The molecule has 0 fully saturated rings. The molecule has 2 aromatic carbocycles. The first-order valence-electron chi connectivity index (χ1n) is 8.94. The van der Waals surface area contributed by atoms with Gasteiger partial charge in [-0.15, -0.1) is 11.3 Å². The number of fused-ring (bicyclic) bond motifs is 1. The summed E-state index contributed by atoms with van der Waals surface area (Å²) in [5.74, 6) is 0.324. The Balaban J connectivity index is 2.01. The number of rotatable bonds is 5. The van der Waals surface area contributed by atoms with Gasteiger partial charge in [-0.25, -0.2) is 9.37 Å². The van der Waals surface area contributed by atoms with Gasteiger partial charge in [-0.3, -0.25) is 9.36 Å². The lowest BCUT2D eigenvalue weighted by molar-refractivity contribution is 0.186. The number of aromatic nitrogens is 2. The summed E-state index contributed by atoms with van der Waals surface area (Å²) in [5, 5.41) is 0.574. The molecule has 6 heteroatoms. The van der Waals surface area contributed by atoms with Crippen LogP contribution in [0.3, 0.4) is 0 Å². The van der Waals surface area contributed by atoms with Crippen LogP contribution in [0.25, 0.3) is 32.7 Å². The summed E-state index contributed by atoms with van der Waals surface area (Å²) in [6.45, 7) is 2.77. The second kappa shape index (κ2) is 7.66. The minimum atomic E-state index is -0.303. The lowest BCUT2D eigenvalue weighted by Crippen LogP contribution is -2.25. The van der Waals surface area contributed by atoms with Gasteiger partial charge in [0.2, 0.25) is 0 Å². The molecule has 0 bridgehead atoms. The maximum atomic E-state index is 13.5. The summed E-state index contributed by atoms with van der Waals surface area (Å²) in [6.07, 6.45) is 0. The zero-order valence-corrected chi connectivity index (χ0v) is 16.4. The van der Waals surface area contributed by atoms with Crippen LogP contribution >= 0.6 is 11.3 Å². The van der Waals surface area contributed by atoms with Crippen molar-refractivity contribution in [3.8, 4) is 22.5 Å². The molecule has 28 heavy (non-hydrogen) atoms. The van der Waals surface area contributed by atoms with Crippen molar-refractivity contribution >= 4 is 21.6 Å². The van der Waals surface area contributed by atoms with E-state index in [-0.39, 0.29) is 11.4 Å². The summed E-state index contributed by atoms with van der Waals surface area (Å²) in [5.41, 5.74) is 2.41. The highest BCUT2D eigenvalue weighted by Crippen LogP contribution is 2.36. The van der Waals surface area contributed by atoms with Gasteiger partial charge in [0.05, 0.1) is 18.5 Å². The molecule has 4 aromatic rings. The van der Waals surface area contributed by atoms with Crippen molar-refractivity contribution in [2.75, 3.05) is 13.7 Å². The average Bonchev–Trinajstić information content (AvgIpc) is 3.04. The normalized spacial score (nSPS) is 11.2. The first kappa shape index (κ1) is 18.5. The van der Waals surface area contributed by atoms with E-state index in [0.717, 1.165) is 21.6 Å². The molecule has 0 aliphatic rings. The van der Waals surface area contributed by atoms with Crippen molar-refractivity contribution in [2.45, 2.75) is 13.5 Å². The van der Waals surface area contributed by atoms with Crippen LogP contribution in [0.4, 0.5) is 4.39 Å². The van der Waals surface area contributed by atoms with Gasteiger partial charge in [-0.1, -0.05) is 42.5 Å². The zero-order valence-electron chi connectivity index (χ0n) is 15.6. The highest BCUT2D eigenvalue weighted by molar-refractivity contribution is 7.19. The largest absolute Gasteiger partial charge is 0.383 e. The quantitative estimate of drug-likeness (QED) is 0.484. The van der Waals surface area contributed by atoms with Crippen LogP contribution in [0.1, 0.15) is 4.88 Å². The Labute approximate surface area is 165 Å². The molecular weight excluding hydrogens is 375 g/mol. The fraction of sp³-hybridized carbons (Fsp3) is 0.182. The van der Waals surface area contributed by atoms with Gasteiger partial charge in [0, 0.05) is 23.1 Å². The molecule has 0 radical (unpaired) electrons. The molecule has 0 N–H and O–H groups in total. The topological polar surface area (TPSA) is 44.1 Å².